The van der Waals surface area contributed by atoms with Crippen LogP contribution in [0.5, 0.6) is 0 Å². The zero-order valence-electron chi connectivity index (χ0n) is 6.05. The highest BCUT2D eigenvalue weighted by atomic mass is 16.5. The van der Waals surface area contributed by atoms with E-state index >= 15 is 0 Å². The van der Waals surface area contributed by atoms with Crippen molar-refractivity contribution in [2.75, 3.05) is 7.11 Å². The molecule has 0 amide bonds. The first-order valence-corrected chi connectivity index (χ1v) is 2.82. The summed E-state index contributed by atoms with van der Waals surface area (Å²) in [6.45, 7) is 1.71. The fourth-order valence-electron chi connectivity index (χ4n) is 0.461. The second-order valence-electron chi connectivity index (χ2n) is 1.87. The van der Waals surface area contributed by atoms with Gasteiger partial charge in [0.1, 0.15) is 0 Å². The standard InChI is InChI=1S/C7H9NO2/c1-6(3-4-8)5-7(9)10-2/h3H,5H2,1-2H3/b6-3+. The molecule has 0 unspecified atom stereocenters. The van der Waals surface area contributed by atoms with Gasteiger partial charge in [0.2, 0.25) is 0 Å². The highest BCUT2D eigenvalue weighted by Gasteiger charge is 1.99. The van der Waals surface area contributed by atoms with Crippen molar-refractivity contribution in [1.29, 1.82) is 5.26 Å². The van der Waals surface area contributed by atoms with Crippen LogP contribution in [0, 0.1) is 11.3 Å². The van der Waals surface area contributed by atoms with E-state index < -0.39 is 0 Å². The number of carbonyl (C=O) groups is 1. The normalized spacial score (nSPS) is 10.3. The monoisotopic (exact) mass is 139 g/mol. The summed E-state index contributed by atoms with van der Waals surface area (Å²) in [4.78, 5) is 10.5. The van der Waals surface area contributed by atoms with E-state index in [2.05, 4.69) is 4.74 Å². The molecular weight excluding hydrogens is 130 g/mol. The van der Waals surface area contributed by atoms with Crippen molar-refractivity contribution in [2.24, 2.45) is 0 Å². The summed E-state index contributed by atoms with van der Waals surface area (Å²) in [5.74, 6) is -0.316. The fourth-order valence-corrected chi connectivity index (χ4v) is 0.461. The molecule has 0 saturated carbocycles. The number of rotatable bonds is 2. The van der Waals surface area contributed by atoms with E-state index in [0.717, 1.165) is 0 Å². The van der Waals surface area contributed by atoms with Crippen LogP contribution in [-0.2, 0) is 9.53 Å². The smallest absolute Gasteiger partial charge is 0.309 e. The minimum Gasteiger partial charge on any atom is -0.469 e. The van der Waals surface area contributed by atoms with Gasteiger partial charge in [0.15, 0.2) is 0 Å². The van der Waals surface area contributed by atoms with Gasteiger partial charge in [-0.2, -0.15) is 5.26 Å². The molecule has 0 aromatic carbocycles. The molecule has 0 heterocycles. The summed E-state index contributed by atoms with van der Waals surface area (Å²) >= 11 is 0. The van der Waals surface area contributed by atoms with Gasteiger partial charge in [-0.15, -0.1) is 0 Å². The van der Waals surface area contributed by atoms with Crippen LogP contribution < -0.4 is 0 Å². The number of nitrogens with zero attached hydrogens (tertiary/aromatic N) is 1. The Hall–Kier alpha value is -1.30. The van der Waals surface area contributed by atoms with Crippen LogP contribution in [-0.4, -0.2) is 13.1 Å². The summed E-state index contributed by atoms with van der Waals surface area (Å²) in [5, 5.41) is 8.14. The number of methoxy groups -OCH3 is 1. The van der Waals surface area contributed by atoms with Crippen LogP contribution in [0.3, 0.4) is 0 Å². The molecule has 54 valence electrons. The van der Waals surface area contributed by atoms with E-state index in [-0.39, 0.29) is 12.4 Å². The minimum atomic E-state index is -0.316. The van der Waals surface area contributed by atoms with Gasteiger partial charge in [0.25, 0.3) is 0 Å². The van der Waals surface area contributed by atoms with Crippen LogP contribution in [0.4, 0.5) is 0 Å². The van der Waals surface area contributed by atoms with Crippen molar-refractivity contribution >= 4 is 5.97 Å². The molecule has 3 heteroatoms. The lowest BCUT2D eigenvalue weighted by Gasteiger charge is -1.95. The van der Waals surface area contributed by atoms with Gasteiger partial charge in [-0.3, -0.25) is 4.79 Å². The van der Waals surface area contributed by atoms with Crippen molar-refractivity contribution < 1.29 is 9.53 Å². The molecule has 0 fully saturated rings. The van der Waals surface area contributed by atoms with Crippen LogP contribution in [0.15, 0.2) is 11.6 Å². The Morgan fingerprint density at radius 2 is 2.40 bits per heavy atom. The number of allylic oxidation sites excluding steroid dienone is 1. The lowest BCUT2D eigenvalue weighted by atomic mass is 10.2. The Balaban J connectivity index is 3.82. The number of ether oxygens (including phenoxy) is 1. The third-order valence-electron chi connectivity index (χ3n) is 0.962. The van der Waals surface area contributed by atoms with Gasteiger partial charge in [-0.05, 0) is 6.92 Å². The van der Waals surface area contributed by atoms with Crippen molar-refractivity contribution in [1.82, 2.24) is 0 Å². The molecule has 0 aliphatic heterocycles. The number of hydrogen-bond donors (Lipinski definition) is 0. The lowest BCUT2D eigenvalue weighted by molar-refractivity contribution is -0.139. The number of esters is 1. The molecule has 0 aromatic rings. The van der Waals surface area contributed by atoms with Crippen molar-refractivity contribution in [2.45, 2.75) is 13.3 Å². The summed E-state index contributed by atoms with van der Waals surface area (Å²) in [5.41, 5.74) is 0.717. The fraction of sp³-hybridized carbons (Fsp3) is 0.429. The maximum absolute atomic E-state index is 10.5. The molecule has 0 atom stereocenters. The van der Waals surface area contributed by atoms with Crippen LogP contribution in [0.25, 0.3) is 0 Å². The highest BCUT2D eigenvalue weighted by molar-refractivity contribution is 5.72. The number of hydrogen-bond acceptors (Lipinski definition) is 3. The van der Waals surface area contributed by atoms with E-state index in [4.69, 9.17) is 5.26 Å². The van der Waals surface area contributed by atoms with Gasteiger partial charge in [-0.25, -0.2) is 0 Å². The Morgan fingerprint density at radius 1 is 1.80 bits per heavy atom. The molecule has 0 aliphatic carbocycles. The second kappa shape index (κ2) is 4.57. The van der Waals surface area contributed by atoms with Gasteiger partial charge in [-0.1, -0.05) is 5.57 Å². The third kappa shape index (κ3) is 3.67. The quantitative estimate of drug-likeness (QED) is 0.424. The number of carbonyl (C=O) groups excluding carboxylic acids is 1. The Kier molecular flexibility index (Phi) is 3.97. The summed E-state index contributed by atoms with van der Waals surface area (Å²) < 4.78 is 4.38. The molecule has 10 heavy (non-hydrogen) atoms. The van der Waals surface area contributed by atoms with E-state index in [9.17, 15) is 4.79 Å². The average molecular weight is 139 g/mol. The van der Waals surface area contributed by atoms with Gasteiger partial charge in [0, 0.05) is 6.08 Å². The molecule has 0 rings (SSSR count). The summed E-state index contributed by atoms with van der Waals surface area (Å²) in [7, 11) is 1.32. The largest absolute Gasteiger partial charge is 0.469 e. The Labute approximate surface area is 59.9 Å². The predicted molar refractivity (Wildman–Crippen MR) is 36.0 cm³/mol. The van der Waals surface area contributed by atoms with Crippen molar-refractivity contribution in [3.8, 4) is 6.07 Å². The van der Waals surface area contributed by atoms with Crippen LogP contribution in [0.1, 0.15) is 13.3 Å². The predicted octanol–water partition coefficient (Wildman–Crippen LogP) is 1.02. The van der Waals surface area contributed by atoms with E-state index in [1.165, 1.54) is 13.2 Å². The zero-order valence-corrected chi connectivity index (χ0v) is 6.05. The van der Waals surface area contributed by atoms with E-state index in [1.807, 2.05) is 6.07 Å². The van der Waals surface area contributed by atoms with Crippen LogP contribution in [0.2, 0.25) is 0 Å². The van der Waals surface area contributed by atoms with Crippen molar-refractivity contribution in [3.05, 3.63) is 11.6 Å². The summed E-state index contributed by atoms with van der Waals surface area (Å²) in [6.07, 6.45) is 1.53. The maximum Gasteiger partial charge on any atom is 0.309 e. The van der Waals surface area contributed by atoms with Crippen molar-refractivity contribution in [3.63, 3.8) is 0 Å². The SMILES string of the molecule is COC(=O)C/C(C)=C/C#N. The first kappa shape index (κ1) is 8.70. The molecule has 0 bridgehead atoms. The van der Waals surface area contributed by atoms with Gasteiger partial charge < -0.3 is 4.74 Å². The Bertz CT molecular complexity index is 188. The van der Waals surface area contributed by atoms with Crippen LogP contribution >= 0.6 is 0 Å². The topological polar surface area (TPSA) is 50.1 Å². The average Bonchev–Trinajstić information content (AvgIpc) is 1.88. The molecule has 0 radical (unpaired) electrons. The second-order valence-corrected chi connectivity index (χ2v) is 1.87. The molecule has 0 spiro atoms. The molecule has 0 saturated heterocycles. The molecular formula is C7H9NO2. The molecule has 0 N–H and O–H groups in total. The lowest BCUT2D eigenvalue weighted by Crippen LogP contribution is -1.99. The zero-order chi connectivity index (χ0) is 7.98. The van der Waals surface area contributed by atoms with E-state index in [0.29, 0.717) is 5.57 Å². The maximum atomic E-state index is 10.5. The summed E-state index contributed by atoms with van der Waals surface area (Å²) in [6, 6.07) is 1.83. The van der Waals surface area contributed by atoms with Gasteiger partial charge in [0.05, 0.1) is 19.6 Å². The molecule has 3 nitrogen and oxygen atoms in total. The first-order valence-electron chi connectivity index (χ1n) is 2.82. The van der Waals surface area contributed by atoms with E-state index in [1.54, 1.807) is 6.92 Å². The van der Waals surface area contributed by atoms with Gasteiger partial charge >= 0.3 is 5.97 Å². The minimum absolute atomic E-state index is 0.198. The molecule has 0 aromatic heterocycles. The molecule has 0 aliphatic rings. The Morgan fingerprint density at radius 3 is 2.80 bits per heavy atom. The highest BCUT2D eigenvalue weighted by Crippen LogP contribution is 1.99. The first-order chi connectivity index (χ1) is 4.70. The number of nitriles is 1. The third-order valence-corrected chi connectivity index (χ3v) is 0.962.